The van der Waals surface area contributed by atoms with Crippen LogP contribution in [0, 0.1) is 6.92 Å². The van der Waals surface area contributed by atoms with Crippen LogP contribution in [0.25, 0.3) is 11.4 Å². The van der Waals surface area contributed by atoms with Crippen LogP contribution in [0.2, 0.25) is 0 Å². The van der Waals surface area contributed by atoms with Gasteiger partial charge in [-0.05, 0) is 43.3 Å². The predicted molar refractivity (Wildman–Crippen MR) is 83.1 cm³/mol. The molecule has 6 heteroatoms. The molecule has 0 aliphatic carbocycles. The van der Waals surface area contributed by atoms with Crippen LogP contribution in [0.15, 0.2) is 65.8 Å². The van der Waals surface area contributed by atoms with Gasteiger partial charge in [0.15, 0.2) is 5.82 Å². The highest BCUT2D eigenvalue weighted by Crippen LogP contribution is 2.24. The van der Waals surface area contributed by atoms with Crippen LogP contribution in [0.5, 0.6) is 5.75 Å². The highest BCUT2D eigenvalue weighted by atomic mass is 32.2. The lowest BCUT2D eigenvalue weighted by Crippen LogP contribution is -2.13. The number of phenolic OH excluding ortho intramolecular Hbond substituents is 1. The van der Waals surface area contributed by atoms with Crippen molar-refractivity contribution >= 4 is 10.0 Å². The lowest BCUT2D eigenvalue weighted by Gasteiger charge is -2.09. The summed E-state index contributed by atoms with van der Waals surface area (Å²) in [5.74, 6) is 0.420. The van der Waals surface area contributed by atoms with Gasteiger partial charge in [-0.1, -0.05) is 17.7 Å². The number of aryl methyl sites for hydroxylation is 1. The van der Waals surface area contributed by atoms with Crippen molar-refractivity contribution in [1.82, 2.24) is 8.96 Å². The van der Waals surface area contributed by atoms with Crippen molar-refractivity contribution in [3.05, 3.63) is 66.5 Å². The van der Waals surface area contributed by atoms with E-state index >= 15 is 0 Å². The zero-order valence-electron chi connectivity index (χ0n) is 11.8. The molecule has 0 fully saturated rings. The van der Waals surface area contributed by atoms with Crippen LogP contribution < -0.4 is 0 Å². The summed E-state index contributed by atoms with van der Waals surface area (Å²) in [7, 11) is -3.71. The SMILES string of the molecule is Cc1ccc(S(=O)(=O)n2ccnc2-c2ccc(O)cc2)cc1. The van der Waals surface area contributed by atoms with Crippen LogP contribution in [-0.4, -0.2) is 22.5 Å². The summed E-state index contributed by atoms with van der Waals surface area (Å²) < 4.78 is 26.6. The molecule has 0 saturated carbocycles. The number of nitrogens with zero attached hydrogens (tertiary/aromatic N) is 2. The third-order valence-corrected chi connectivity index (χ3v) is 4.99. The zero-order valence-corrected chi connectivity index (χ0v) is 12.7. The predicted octanol–water partition coefficient (Wildman–Crippen LogP) is 2.80. The van der Waals surface area contributed by atoms with Crippen molar-refractivity contribution in [2.45, 2.75) is 11.8 Å². The smallest absolute Gasteiger partial charge is 0.269 e. The quantitative estimate of drug-likeness (QED) is 0.807. The van der Waals surface area contributed by atoms with Gasteiger partial charge in [0.2, 0.25) is 0 Å². The van der Waals surface area contributed by atoms with Gasteiger partial charge in [0.25, 0.3) is 10.0 Å². The van der Waals surface area contributed by atoms with E-state index in [2.05, 4.69) is 4.98 Å². The van der Waals surface area contributed by atoms with Crippen molar-refractivity contribution in [2.24, 2.45) is 0 Å². The van der Waals surface area contributed by atoms with Gasteiger partial charge in [0.1, 0.15) is 5.75 Å². The second kappa shape index (κ2) is 5.31. The fourth-order valence-corrected chi connectivity index (χ4v) is 3.42. The maximum Gasteiger partial charge on any atom is 0.269 e. The molecule has 0 radical (unpaired) electrons. The minimum atomic E-state index is -3.71. The number of hydrogen-bond donors (Lipinski definition) is 1. The molecule has 0 saturated heterocycles. The first-order valence-corrected chi connectivity index (χ1v) is 8.07. The number of rotatable bonds is 3. The topological polar surface area (TPSA) is 72.2 Å². The third-order valence-electron chi connectivity index (χ3n) is 3.31. The number of phenols is 1. The second-order valence-corrected chi connectivity index (χ2v) is 6.73. The summed E-state index contributed by atoms with van der Waals surface area (Å²) in [4.78, 5) is 4.33. The van der Waals surface area contributed by atoms with Gasteiger partial charge in [-0.3, -0.25) is 0 Å². The molecule has 0 bridgehead atoms. The monoisotopic (exact) mass is 314 g/mol. The summed E-state index contributed by atoms with van der Waals surface area (Å²) in [6, 6.07) is 12.9. The highest BCUT2D eigenvalue weighted by molar-refractivity contribution is 7.90. The molecule has 112 valence electrons. The maximum absolute atomic E-state index is 12.7. The number of hydrogen-bond acceptors (Lipinski definition) is 4. The summed E-state index contributed by atoms with van der Waals surface area (Å²) in [6.45, 7) is 1.90. The Morgan fingerprint density at radius 3 is 2.27 bits per heavy atom. The standard InChI is InChI=1S/C16H14N2O3S/c1-12-2-8-15(9-3-12)22(20,21)18-11-10-17-16(18)13-4-6-14(19)7-5-13/h2-11,19H,1H3. The molecule has 3 aromatic rings. The van der Waals surface area contributed by atoms with E-state index in [9.17, 15) is 13.5 Å². The summed E-state index contributed by atoms with van der Waals surface area (Å²) in [5.41, 5.74) is 1.60. The van der Waals surface area contributed by atoms with E-state index in [0.717, 1.165) is 9.54 Å². The van der Waals surface area contributed by atoms with Crippen LogP contribution in [0.1, 0.15) is 5.56 Å². The Labute approximate surface area is 128 Å². The average molecular weight is 314 g/mol. The van der Waals surface area contributed by atoms with Gasteiger partial charge >= 0.3 is 0 Å². The van der Waals surface area contributed by atoms with Gasteiger partial charge < -0.3 is 5.11 Å². The zero-order chi connectivity index (χ0) is 15.7. The Morgan fingerprint density at radius 1 is 1.00 bits per heavy atom. The molecule has 1 aromatic heterocycles. The molecule has 0 aliphatic heterocycles. The van der Waals surface area contributed by atoms with Gasteiger partial charge in [0.05, 0.1) is 4.90 Å². The van der Waals surface area contributed by atoms with Crippen LogP contribution in [0.4, 0.5) is 0 Å². The number of benzene rings is 2. The van der Waals surface area contributed by atoms with E-state index < -0.39 is 10.0 Å². The summed E-state index contributed by atoms with van der Waals surface area (Å²) >= 11 is 0. The molecular formula is C16H14N2O3S. The van der Waals surface area contributed by atoms with E-state index in [4.69, 9.17) is 0 Å². The molecular weight excluding hydrogens is 300 g/mol. The molecule has 0 amide bonds. The fourth-order valence-electron chi connectivity index (χ4n) is 2.12. The first kappa shape index (κ1) is 14.3. The van der Waals surface area contributed by atoms with E-state index in [1.807, 2.05) is 6.92 Å². The maximum atomic E-state index is 12.7. The number of aromatic hydroxyl groups is 1. The summed E-state index contributed by atoms with van der Waals surface area (Å²) in [5, 5.41) is 9.34. The molecule has 5 nitrogen and oxygen atoms in total. The first-order valence-electron chi connectivity index (χ1n) is 6.63. The van der Waals surface area contributed by atoms with Gasteiger partial charge in [-0.15, -0.1) is 0 Å². The molecule has 2 aromatic carbocycles. The molecule has 1 heterocycles. The minimum Gasteiger partial charge on any atom is -0.508 e. The number of aromatic nitrogens is 2. The molecule has 0 atom stereocenters. The van der Waals surface area contributed by atoms with E-state index in [0.29, 0.717) is 11.4 Å². The van der Waals surface area contributed by atoms with E-state index in [1.54, 1.807) is 36.4 Å². The van der Waals surface area contributed by atoms with Crippen LogP contribution >= 0.6 is 0 Å². The Bertz CT molecular complexity index is 895. The lowest BCUT2D eigenvalue weighted by atomic mass is 10.2. The van der Waals surface area contributed by atoms with Gasteiger partial charge in [-0.2, -0.15) is 0 Å². The number of imidazole rings is 1. The van der Waals surface area contributed by atoms with Crippen LogP contribution in [0.3, 0.4) is 0 Å². The lowest BCUT2D eigenvalue weighted by molar-refractivity contribution is 0.475. The molecule has 1 N–H and O–H groups in total. The Hall–Kier alpha value is -2.60. The molecule has 0 unspecified atom stereocenters. The third kappa shape index (κ3) is 2.48. The van der Waals surface area contributed by atoms with E-state index in [-0.39, 0.29) is 10.6 Å². The molecule has 3 rings (SSSR count). The second-order valence-electron chi connectivity index (χ2n) is 4.91. The van der Waals surface area contributed by atoms with Crippen molar-refractivity contribution in [2.75, 3.05) is 0 Å². The van der Waals surface area contributed by atoms with Crippen LogP contribution in [-0.2, 0) is 10.0 Å². The van der Waals surface area contributed by atoms with Crippen molar-refractivity contribution < 1.29 is 13.5 Å². The summed E-state index contributed by atoms with van der Waals surface area (Å²) in [6.07, 6.45) is 2.85. The first-order chi connectivity index (χ1) is 10.5. The van der Waals surface area contributed by atoms with E-state index in [1.165, 1.54) is 24.5 Å². The molecule has 0 spiro atoms. The Morgan fingerprint density at radius 2 is 1.64 bits per heavy atom. The van der Waals surface area contributed by atoms with Gasteiger partial charge in [-0.25, -0.2) is 17.4 Å². The normalized spacial score (nSPS) is 11.5. The molecule has 22 heavy (non-hydrogen) atoms. The van der Waals surface area contributed by atoms with Crippen molar-refractivity contribution in [1.29, 1.82) is 0 Å². The minimum absolute atomic E-state index is 0.114. The average Bonchev–Trinajstić information content (AvgIpc) is 2.99. The van der Waals surface area contributed by atoms with Crippen molar-refractivity contribution in [3.8, 4) is 17.1 Å². The Balaban J connectivity index is 2.11. The largest absolute Gasteiger partial charge is 0.508 e. The van der Waals surface area contributed by atoms with Crippen molar-refractivity contribution in [3.63, 3.8) is 0 Å². The molecule has 0 aliphatic rings. The van der Waals surface area contributed by atoms with Gasteiger partial charge in [0, 0.05) is 18.0 Å². The Kier molecular flexibility index (Phi) is 3.46. The fraction of sp³-hybridized carbons (Fsp3) is 0.0625. The highest BCUT2D eigenvalue weighted by Gasteiger charge is 2.20.